The van der Waals surface area contributed by atoms with E-state index in [0.717, 1.165) is 0 Å². The fourth-order valence-electron chi connectivity index (χ4n) is 3.44. The molecule has 0 fully saturated rings. The monoisotopic (exact) mass is 421 g/mol. The maximum absolute atomic E-state index is 13.4. The second-order valence-corrected chi connectivity index (χ2v) is 6.73. The van der Waals surface area contributed by atoms with Gasteiger partial charge in [-0.05, 0) is 62.4 Å². The molecule has 9 heteroatoms. The molecule has 0 spiro atoms. The van der Waals surface area contributed by atoms with Crippen molar-refractivity contribution in [2.24, 2.45) is 5.73 Å². The van der Waals surface area contributed by atoms with Crippen LogP contribution in [0.25, 0.3) is 28.2 Å². The van der Waals surface area contributed by atoms with Gasteiger partial charge in [-0.15, -0.1) is 0 Å². The number of rotatable bonds is 6. The van der Waals surface area contributed by atoms with Gasteiger partial charge in [-0.3, -0.25) is 9.36 Å². The molecule has 158 valence electrons. The van der Waals surface area contributed by atoms with Crippen molar-refractivity contribution >= 4 is 17.1 Å². The number of halogens is 1. The molecule has 0 saturated carbocycles. The van der Waals surface area contributed by atoms with Crippen LogP contribution >= 0.6 is 0 Å². The third kappa shape index (κ3) is 3.54. The van der Waals surface area contributed by atoms with E-state index >= 15 is 0 Å². The third-order valence-electron chi connectivity index (χ3n) is 4.83. The predicted molar refractivity (Wildman–Crippen MR) is 114 cm³/mol. The number of nitrogens with two attached hydrogens (primary N) is 1. The van der Waals surface area contributed by atoms with Gasteiger partial charge < -0.3 is 10.5 Å². The Morgan fingerprint density at radius 3 is 2.32 bits per heavy atom. The van der Waals surface area contributed by atoms with Gasteiger partial charge in [0.25, 0.3) is 5.91 Å². The van der Waals surface area contributed by atoms with Gasteiger partial charge in [0.2, 0.25) is 0 Å². The number of aromatic nitrogens is 4. The van der Waals surface area contributed by atoms with E-state index in [2.05, 4.69) is 9.97 Å². The molecular formula is C22H20FN5O3. The van der Waals surface area contributed by atoms with Crippen molar-refractivity contribution in [2.75, 3.05) is 6.61 Å². The second kappa shape index (κ2) is 8.02. The summed E-state index contributed by atoms with van der Waals surface area (Å²) in [5.74, 6) is -0.298. The number of ether oxygens (including phenoxy) is 1. The largest absolute Gasteiger partial charge is 0.494 e. The summed E-state index contributed by atoms with van der Waals surface area (Å²) in [5, 5.41) is 0. The fraction of sp³-hybridized carbons (Fsp3) is 0.182. The molecule has 0 aliphatic carbocycles. The Labute approximate surface area is 176 Å². The highest BCUT2D eigenvalue weighted by Gasteiger charge is 2.23. The first kappa shape index (κ1) is 20.3. The van der Waals surface area contributed by atoms with E-state index < -0.39 is 17.4 Å². The molecule has 2 N–H and O–H groups in total. The van der Waals surface area contributed by atoms with E-state index in [1.54, 1.807) is 31.2 Å². The molecular weight excluding hydrogens is 401 g/mol. The molecule has 0 atom stereocenters. The molecule has 0 radical (unpaired) electrons. The van der Waals surface area contributed by atoms with E-state index in [9.17, 15) is 14.0 Å². The highest BCUT2D eigenvalue weighted by Crippen LogP contribution is 2.25. The molecule has 0 unspecified atom stereocenters. The van der Waals surface area contributed by atoms with Gasteiger partial charge >= 0.3 is 5.69 Å². The molecule has 2 heterocycles. The Bertz CT molecular complexity index is 1320. The zero-order valence-electron chi connectivity index (χ0n) is 17.0. The fourth-order valence-corrected chi connectivity index (χ4v) is 3.44. The number of primary amides is 1. The van der Waals surface area contributed by atoms with Crippen molar-refractivity contribution in [3.8, 4) is 22.8 Å². The van der Waals surface area contributed by atoms with Crippen LogP contribution in [0.15, 0.2) is 53.3 Å². The lowest BCUT2D eigenvalue weighted by molar-refractivity contribution is 0.0997. The van der Waals surface area contributed by atoms with Crippen LogP contribution in [0.5, 0.6) is 5.75 Å². The van der Waals surface area contributed by atoms with Crippen LogP contribution in [0.2, 0.25) is 0 Å². The van der Waals surface area contributed by atoms with Crippen LogP contribution < -0.4 is 16.2 Å². The summed E-state index contributed by atoms with van der Waals surface area (Å²) < 4.78 is 21.6. The van der Waals surface area contributed by atoms with Gasteiger partial charge in [0.15, 0.2) is 17.2 Å². The van der Waals surface area contributed by atoms with E-state index in [1.807, 2.05) is 6.92 Å². The topological polar surface area (TPSA) is 105 Å². The second-order valence-electron chi connectivity index (χ2n) is 6.73. The molecule has 0 aliphatic heterocycles. The standard InChI is InChI=1S/C22H20FN5O3/c1-3-27-18-17(19(24)29)25-20(13-5-11-16(12-6-13)31-4-2)26-21(18)28(22(27)30)15-9-7-14(23)8-10-15/h5-12H,3-4H2,1-2H3,(H2,24,29). The highest BCUT2D eigenvalue weighted by molar-refractivity contribution is 6.02. The lowest BCUT2D eigenvalue weighted by Gasteiger charge is -2.08. The molecule has 8 nitrogen and oxygen atoms in total. The number of amides is 1. The summed E-state index contributed by atoms with van der Waals surface area (Å²) >= 11 is 0. The number of aryl methyl sites for hydroxylation is 1. The van der Waals surface area contributed by atoms with Crippen LogP contribution in [0.3, 0.4) is 0 Å². The minimum Gasteiger partial charge on any atom is -0.494 e. The van der Waals surface area contributed by atoms with Gasteiger partial charge in [0, 0.05) is 12.1 Å². The number of nitrogens with zero attached hydrogens (tertiary/aromatic N) is 4. The highest BCUT2D eigenvalue weighted by atomic mass is 19.1. The van der Waals surface area contributed by atoms with Crippen molar-refractivity contribution in [3.63, 3.8) is 0 Å². The number of carbonyl (C=O) groups is 1. The van der Waals surface area contributed by atoms with E-state index in [-0.39, 0.29) is 29.2 Å². The Morgan fingerprint density at radius 2 is 1.74 bits per heavy atom. The number of benzene rings is 2. The van der Waals surface area contributed by atoms with Crippen molar-refractivity contribution in [1.29, 1.82) is 0 Å². The summed E-state index contributed by atoms with van der Waals surface area (Å²) in [7, 11) is 0. The van der Waals surface area contributed by atoms with Gasteiger partial charge in [-0.2, -0.15) is 0 Å². The molecule has 2 aromatic heterocycles. The first-order valence-electron chi connectivity index (χ1n) is 9.76. The molecule has 4 aromatic rings. The molecule has 0 bridgehead atoms. The molecule has 2 aromatic carbocycles. The summed E-state index contributed by atoms with van der Waals surface area (Å²) in [4.78, 5) is 34.3. The molecule has 0 saturated heterocycles. The van der Waals surface area contributed by atoms with Crippen LogP contribution in [-0.2, 0) is 6.54 Å². The Kier molecular flexibility index (Phi) is 5.24. The summed E-state index contributed by atoms with van der Waals surface area (Å²) in [6.45, 7) is 4.45. The number of fused-ring (bicyclic) bond motifs is 1. The normalized spacial score (nSPS) is 11.1. The molecule has 31 heavy (non-hydrogen) atoms. The van der Waals surface area contributed by atoms with Gasteiger partial charge in [-0.1, -0.05) is 0 Å². The van der Waals surface area contributed by atoms with Crippen molar-refractivity contribution in [1.82, 2.24) is 19.1 Å². The zero-order chi connectivity index (χ0) is 22.1. The minimum atomic E-state index is -0.780. The average Bonchev–Trinajstić information content (AvgIpc) is 3.05. The van der Waals surface area contributed by atoms with Gasteiger partial charge in [0.1, 0.15) is 17.1 Å². The minimum absolute atomic E-state index is 0.0614. The molecule has 4 rings (SSSR count). The van der Waals surface area contributed by atoms with Crippen molar-refractivity contribution in [3.05, 3.63) is 70.5 Å². The summed E-state index contributed by atoms with van der Waals surface area (Å²) in [6.07, 6.45) is 0. The number of hydrogen-bond donors (Lipinski definition) is 1. The molecule has 1 amide bonds. The van der Waals surface area contributed by atoms with Crippen molar-refractivity contribution in [2.45, 2.75) is 20.4 Å². The summed E-state index contributed by atoms with van der Waals surface area (Å²) in [5.41, 5.74) is 6.60. The van der Waals surface area contributed by atoms with E-state index in [4.69, 9.17) is 10.5 Å². The van der Waals surface area contributed by atoms with Crippen LogP contribution in [-0.4, -0.2) is 31.6 Å². The zero-order valence-corrected chi connectivity index (χ0v) is 17.0. The smallest absolute Gasteiger partial charge is 0.335 e. The maximum Gasteiger partial charge on any atom is 0.335 e. The first-order chi connectivity index (χ1) is 14.9. The summed E-state index contributed by atoms with van der Waals surface area (Å²) in [6, 6.07) is 12.5. The number of hydrogen-bond acceptors (Lipinski definition) is 5. The van der Waals surface area contributed by atoms with Gasteiger partial charge in [0.05, 0.1) is 12.3 Å². The lowest BCUT2D eigenvalue weighted by Crippen LogP contribution is -2.23. The number of imidazole rings is 1. The Morgan fingerprint density at radius 1 is 1.06 bits per heavy atom. The van der Waals surface area contributed by atoms with E-state index in [1.165, 1.54) is 33.4 Å². The maximum atomic E-state index is 13.4. The quantitative estimate of drug-likeness (QED) is 0.515. The Balaban J connectivity index is 2.02. The van der Waals surface area contributed by atoms with Crippen LogP contribution in [0.1, 0.15) is 24.3 Å². The SMILES string of the molecule is CCOc1ccc(-c2nc(C(N)=O)c3c(n2)n(-c2ccc(F)cc2)c(=O)n3CC)cc1. The molecule has 0 aliphatic rings. The van der Waals surface area contributed by atoms with Gasteiger partial charge in [-0.25, -0.2) is 23.7 Å². The van der Waals surface area contributed by atoms with Crippen molar-refractivity contribution < 1.29 is 13.9 Å². The number of carbonyl (C=O) groups excluding carboxylic acids is 1. The predicted octanol–water partition coefficient (Wildman–Crippen LogP) is 2.91. The average molecular weight is 421 g/mol. The van der Waals surface area contributed by atoms with E-state index in [0.29, 0.717) is 23.6 Å². The third-order valence-corrected chi connectivity index (χ3v) is 4.83. The first-order valence-corrected chi connectivity index (χ1v) is 9.76. The van der Waals surface area contributed by atoms with Crippen LogP contribution in [0.4, 0.5) is 4.39 Å². The van der Waals surface area contributed by atoms with Crippen LogP contribution in [0, 0.1) is 5.82 Å². The lowest BCUT2D eigenvalue weighted by atomic mass is 10.2. The Hall–Kier alpha value is -4.01.